The largest absolute Gasteiger partial charge is 0.315 e. The predicted molar refractivity (Wildman–Crippen MR) is 74.4 cm³/mol. The van der Waals surface area contributed by atoms with Crippen molar-refractivity contribution in [3.63, 3.8) is 0 Å². The molecular formula is C12H21NO2S2. The predicted octanol–water partition coefficient (Wildman–Crippen LogP) is 2.09. The summed E-state index contributed by atoms with van der Waals surface area (Å²) in [5, 5.41) is 7.35. The lowest BCUT2D eigenvalue weighted by atomic mass is 10.2. The number of nitrogens with one attached hydrogen (secondary N) is 1. The molecule has 1 N–H and O–H groups in total. The highest BCUT2D eigenvalue weighted by Gasteiger charge is 2.27. The van der Waals surface area contributed by atoms with Crippen molar-refractivity contribution in [2.24, 2.45) is 0 Å². The van der Waals surface area contributed by atoms with Gasteiger partial charge in [-0.3, -0.25) is 0 Å². The van der Waals surface area contributed by atoms with Crippen LogP contribution in [0.4, 0.5) is 0 Å². The zero-order valence-corrected chi connectivity index (χ0v) is 12.3. The summed E-state index contributed by atoms with van der Waals surface area (Å²) in [5.74, 6) is 0.208. The van der Waals surface area contributed by atoms with Crippen LogP contribution in [-0.2, 0) is 16.3 Å². The van der Waals surface area contributed by atoms with Gasteiger partial charge in [0.15, 0.2) is 9.84 Å². The van der Waals surface area contributed by atoms with Gasteiger partial charge in [-0.05, 0) is 56.1 Å². The van der Waals surface area contributed by atoms with E-state index in [1.165, 1.54) is 5.56 Å². The van der Waals surface area contributed by atoms with E-state index in [1.54, 1.807) is 32.1 Å². The summed E-state index contributed by atoms with van der Waals surface area (Å²) in [7, 11) is -2.99. The SMILES string of the molecule is CC(C)(C)S(=O)(=O)CCNCCc1ccsc1. The van der Waals surface area contributed by atoms with E-state index >= 15 is 0 Å². The average Bonchev–Trinajstić information content (AvgIpc) is 2.68. The smallest absolute Gasteiger partial charge is 0.156 e. The van der Waals surface area contributed by atoms with Gasteiger partial charge in [0, 0.05) is 6.54 Å². The topological polar surface area (TPSA) is 46.2 Å². The molecule has 5 heteroatoms. The van der Waals surface area contributed by atoms with Gasteiger partial charge in [-0.25, -0.2) is 8.42 Å². The summed E-state index contributed by atoms with van der Waals surface area (Å²) in [6.07, 6.45) is 0.957. The molecule has 0 saturated heterocycles. The lowest BCUT2D eigenvalue weighted by Crippen LogP contribution is -2.35. The van der Waals surface area contributed by atoms with E-state index in [0.717, 1.165) is 13.0 Å². The van der Waals surface area contributed by atoms with Gasteiger partial charge in [-0.2, -0.15) is 11.3 Å². The molecule has 0 atom stereocenters. The molecule has 17 heavy (non-hydrogen) atoms. The van der Waals surface area contributed by atoms with Crippen LogP contribution in [0.3, 0.4) is 0 Å². The van der Waals surface area contributed by atoms with Crippen LogP contribution in [0.25, 0.3) is 0 Å². The fourth-order valence-corrected chi connectivity index (χ4v) is 3.03. The Kier molecular flexibility index (Phi) is 5.16. The lowest BCUT2D eigenvalue weighted by Gasteiger charge is -2.19. The summed E-state index contributed by atoms with van der Waals surface area (Å²) in [6.45, 7) is 6.59. The average molecular weight is 275 g/mol. The Morgan fingerprint density at radius 3 is 2.53 bits per heavy atom. The second-order valence-corrected chi connectivity index (χ2v) is 8.71. The number of rotatable bonds is 6. The number of hydrogen-bond acceptors (Lipinski definition) is 4. The molecule has 0 amide bonds. The van der Waals surface area contributed by atoms with Gasteiger partial charge in [-0.1, -0.05) is 0 Å². The second kappa shape index (κ2) is 5.98. The van der Waals surface area contributed by atoms with E-state index < -0.39 is 14.6 Å². The van der Waals surface area contributed by atoms with Gasteiger partial charge in [0.1, 0.15) is 0 Å². The van der Waals surface area contributed by atoms with Crippen molar-refractivity contribution in [3.8, 4) is 0 Å². The fraction of sp³-hybridized carbons (Fsp3) is 0.667. The highest BCUT2D eigenvalue weighted by atomic mass is 32.2. The van der Waals surface area contributed by atoms with Crippen molar-refractivity contribution in [3.05, 3.63) is 22.4 Å². The molecule has 1 aromatic rings. The molecule has 0 aliphatic rings. The molecule has 0 spiro atoms. The summed E-state index contributed by atoms with van der Waals surface area (Å²) >= 11 is 1.69. The van der Waals surface area contributed by atoms with Crippen molar-refractivity contribution in [2.75, 3.05) is 18.8 Å². The van der Waals surface area contributed by atoms with Gasteiger partial charge in [0.25, 0.3) is 0 Å². The van der Waals surface area contributed by atoms with E-state index in [9.17, 15) is 8.42 Å². The molecule has 1 heterocycles. The van der Waals surface area contributed by atoms with Crippen LogP contribution in [0.1, 0.15) is 26.3 Å². The third-order valence-corrected chi connectivity index (χ3v) is 5.99. The minimum atomic E-state index is -2.99. The molecule has 0 aliphatic heterocycles. The van der Waals surface area contributed by atoms with E-state index in [0.29, 0.717) is 6.54 Å². The Labute approximate surface area is 108 Å². The first-order chi connectivity index (χ1) is 7.83. The maximum absolute atomic E-state index is 11.8. The van der Waals surface area contributed by atoms with Gasteiger partial charge < -0.3 is 5.32 Å². The van der Waals surface area contributed by atoms with Crippen LogP contribution < -0.4 is 5.32 Å². The van der Waals surface area contributed by atoms with Crippen molar-refractivity contribution < 1.29 is 8.42 Å². The van der Waals surface area contributed by atoms with E-state index in [4.69, 9.17) is 0 Å². The first-order valence-corrected chi connectivity index (χ1v) is 8.36. The molecule has 0 radical (unpaired) electrons. The Hall–Kier alpha value is -0.390. The molecule has 0 aliphatic carbocycles. The molecule has 0 unspecified atom stereocenters. The lowest BCUT2D eigenvalue weighted by molar-refractivity contribution is 0.556. The summed E-state index contributed by atoms with van der Waals surface area (Å²) in [4.78, 5) is 0. The van der Waals surface area contributed by atoms with Gasteiger partial charge in [-0.15, -0.1) is 0 Å². The zero-order valence-electron chi connectivity index (χ0n) is 10.7. The fourth-order valence-electron chi connectivity index (χ4n) is 1.31. The van der Waals surface area contributed by atoms with Crippen LogP contribution in [0, 0.1) is 0 Å². The maximum Gasteiger partial charge on any atom is 0.156 e. The molecular weight excluding hydrogens is 254 g/mol. The first-order valence-electron chi connectivity index (χ1n) is 5.77. The normalized spacial score (nSPS) is 12.9. The molecule has 98 valence electrons. The van der Waals surface area contributed by atoms with E-state index in [-0.39, 0.29) is 5.75 Å². The standard InChI is InChI=1S/C12H21NO2S2/c1-12(2,3)17(14,15)9-7-13-6-4-11-5-8-16-10-11/h5,8,10,13H,4,6-7,9H2,1-3H3. The third-order valence-electron chi connectivity index (χ3n) is 2.65. The van der Waals surface area contributed by atoms with Crippen LogP contribution in [0.5, 0.6) is 0 Å². The summed E-state index contributed by atoms with van der Waals surface area (Å²) in [5.41, 5.74) is 1.31. The Morgan fingerprint density at radius 1 is 1.29 bits per heavy atom. The number of hydrogen-bond donors (Lipinski definition) is 1. The highest BCUT2D eigenvalue weighted by molar-refractivity contribution is 7.92. The summed E-state index contributed by atoms with van der Waals surface area (Å²) in [6, 6.07) is 2.10. The first kappa shape index (κ1) is 14.7. The molecule has 1 rings (SSSR count). The Bertz CT molecular complexity index is 416. The maximum atomic E-state index is 11.8. The second-order valence-electron chi connectivity index (χ2n) is 5.06. The Balaban J connectivity index is 2.21. The Morgan fingerprint density at radius 2 is 2.00 bits per heavy atom. The van der Waals surface area contributed by atoms with Crippen LogP contribution in [0.15, 0.2) is 16.8 Å². The van der Waals surface area contributed by atoms with Gasteiger partial charge in [0.2, 0.25) is 0 Å². The van der Waals surface area contributed by atoms with Crippen molar-refractivity contribution in [1.29, 1.82) is 0 Å². The van der Waals surface area contributed by atoms with E-state index in [2.05, 4.69) is 22.1 Å². The molecule has 0 fully saturated rings. The van der Waals surface area contributed by atoms with Gasteiger partial charge >= 0.3 is 0 Å². The monoisotopic (exact) mass is 275 g/mol. The van der Waals surface area contributed by atoms with Crippen LogP contribution >= 0.6 is 11.3 Å². The molecule has 0 bridgehead atoms. The minimum absolute atomic E-state index is 0.208. The minimum Gasteiger partial charge on any atom is -0.315 e. The zero-order chi connectivity index (χ0) is 12.9. The van der Waals surface area contributed by atoms with Crippen molar-refractivity contribution >= 4 is 21.2 Å². The molecule has 1 aromatic heterocycles. The number of sulfone groups is 1. The van der Waals surface area contributed by atoms with E-state index in [1.807, 2.05) is 0 Å². The highest BCUT2D eigenvalue weighted by Crippen LogP contribution is 2.15. The van der Waals surface area contributed by atoms with Gasteiger partial charge in [0.05, 0.1) is 10.5 Å². The number of thiophene rings is 1. The molecule has 3 nitrogen and oxygen atoms in total. The summed E-state index contributed by atoms with van der Waals surface area (Å²) < 4.78 is 23.0. The molecule has 0 aromatic carbocycles. The third kappa shape index (κ3) is 4.77. The molecule has 0 saturated carbocycles. The van der Waals surface area contributed by atoms with Crippen molar-refractivity contribution in [2.45, 2.75) is 31.9 Å². The van der Waals surface area contributed by atoms with Crippen LogP contribution in [-0.4, -0.2) is 32.0 Å². The van der Waals surface area contributed by atoms with Crippen LogP contribution in [0.2, 0.25) is 0 Å². The van der Waals surface area contributed by atoms with Crippen molar-refractivity contribution in [1.82, 2.24) is 5.32 Å². The quantitative estimate of drug-likeness (QED) is 0.809.